The molecule has 0 saturated carbocycles. The van der Waals surface area contributed by atoms with E-state index in [2.05, 4.69) is 0 Å². The summed E-state index contributed by atoms with van der Waals surface area (Å²) in [5.41, 5.74) is -0.167. The Morgan fingerprint density at radius 1 is 1.32 bits per heavy atom. The maximum Gasteiger partial charge on any atom is 0.341 e. The average Bonchev–Trinajstić information content (AvgIpc) is 2.27. The van der Waals surface area contributed by atoms with Crippen LogP contribution in [-0.2, 0) is 9.53 Å². The van der Waals surface area contributed by atoms with Crippen LogP contribution in [0.3, 0.4) is 0 Å². The lowest BCUT2D eigenvalue weighted by atomic mass is 10.1. The molecule has 0 amide bonds. The molecule has 0 radical (unpaired) electrons. The fourth-order valence-electron chi connectivity index (χ4n) is 1.36. The highest BCUT2D eigenvalue weighted by atomic mass is 19.1. The van der Waals surface area contributed by atoms with Crippen LogP contribution in [-0.4, -0.2) is 18.5 Å². The fourth-order valence-corrected chi connectivity index (χ4v) is 1.36. The summed E-state index contributed by atoms with van der Waals surface area (Å²) in [4.78, 5) is 22.3. The summed E-state index contributed by atoms with van der Waals surface area (Å²) >= 11 is 0. The summed E-state index contributed by atoms with van der Waals surface area (Å²) in [7, 11) is 0. The third-order valence-corrected chi connectivity index (χ3v) is 2.35. The lowest BCUT2D eigenvalue weighted by Gasteiger charge is -2.08. The molecule has 0 N–H and O–H groups in total. The van der Waals surface area contributed by atoms with Gasteiger partial charge in [0.15, 0.2) is 0 Å². The zero-order chi connectivity index (χ0) is 14.4. The standard InChI is InChI=1S/C14H17FO4/c1-9(2)6-7-18-14(17)12-5-4-11(8-13(12)15)19-10(3)16/h4-5,8-9H,6-7H2,1-3H3. The maximum atomic E-state index is 13.6. The molecule has 1 aromatic carbocycles. The molecule has 0 aliphatic heterocycles. The van der Waals surface area contributed by atoms with Crippen molar-refractivity contribution in [2.75, 3.05) is 6.61 Å². The summed E-state index contributed by atoms with van der Waals surface area (Å²) < 4.78 is 23.3. The highest BCUT2D eigenvalue weighted by Crippen LogP contribution is 2.18. The van der Waals surface area contributed by atoms with E-state index in [1.165, 1.54) is 19.1 Å². The summed E-state index contributed by atoms with van der Waals surface area (Å²) in [6.45, 7) is 5.47. The van der Waals surface area contributed by atoms with E-state index in [4.69, 9.17) is 9.47 Å². The number of esters is 2. The number of hydrogen-bond donors (Lipinski definition) is 0. The molecule has 19 heavy (non-hydrogen) atoms. The predicted octanol–water partition coefficient (Wildman–Crippen LogP) is 2.95. The highest BCUT2D eigenvalue weighted by molar-refractivity contribution is 5.90. The number of rotatable bonds is 5. The molecular formula is C14H17FO4. The van der Waals surface area contributed by atoms with Crippen molar-refractivity contribution in [2.24, 2.45) is 5.92 Å². The molecule has 0 fully saturated rings. The monoisotopic (exact) mass is 268 g/mol. The van der Waals surface area contributed by atoms with Gasteiger partial charge in [0.05, 0.1) is 12.2 Å². The van der Waals surface area contributed by atoms with Crippen LogP contribution in [0.2, 0.25) is 0 Å². The topological polar surface area (TPSA) is 52.6 Å². The summed E-state index contributed by atoms with van der Waals surface area (Å²) in [5.74, 6) is -1.57. The number of carbonyl (C=O) groups excluding carboxylic acids is 2. The predicted molar refractivity (Wildman–Crippen MR) is 67.4 cm³/mol. The van der Waals surface area contributed by atoms with Crippen LogP contribution >= 0.6 is 0 Å². The van der Waals surface area contributed by atoms with Crippen molar-refractivity contribution in [3.63, 3.8) is 0 Å². The first kappa shape index (κ1) is 15.1. The molecule has 0 atom stereocenters. The van der Waals surface area contributed by atoms with E-state index in [1.54, 1.807) is 0 Å². The van der Waals surface area contributed by atoms with Gasteiger partial charge in [0.2, 0.25) is 0 Å². The van der Waals surface area contributed by atoms with Crippen LogP contribution in [0.5, 0.6) is 5.75 Å². The van der Waals surface area contributed by atoms with Crippen molar-refractivity contribution in [1.29, 1.82) is 0 Å². The molecule has 1 aromatic rings. The maximum absolute atomic E-state index is 13.6. The van der Waals surface area contributed by atoms with Crippen LogP contribution in [0.1, 0.15) is 37.6 Å². The summed E-state index contributed by atoms with van der Waals surface area (Å²) in [6.07, 6.45) is 0.721. The number of ether oxygens (including phenoxy) is 2. The largest absolute Gasteiger partial charge is 0.462 e. The van der Waals surface area contributed by atoms with Crippen LogP contribution in [0, 0.1) is 11.7 Å². The molecule has 1 rings (SSSR count). The normalized spacial score (nSPS) is 10.4. The van der Waals surface area contributed by atoms with Crippen LogP contribution < -0.4 is 4.74 Å². The minimum atomic E-state index is -0.770. The lowest BCUT2D eigenvalue weighted by molar-refractivity contribution is -0.131. The Bertz CT molecular complexity index is 469. The number of benzene rings is 1. The first-order valence-corrected chi connectivity index (χ1v) is 6.05. The van der Waals surface area contributed by atoms with Gasteiger partial charge in [-0.15, -0.1) is 0 Å². The molecule has 4 nitrogen and oxygen atoms in total. The Kier molecular flexibility index (Phi) is 5.48. The number of hydrogen-bond acceptors (Lipinski definition) is 4. The van der Waals surface area contributed by atoms with E-state index in [-0.39, 0.29) is 17.9 Å². The highest BCUT2D eigenvalue weighted by Gasteiger charge is 2.14. The van der Waals surface area contributed by atoms with Crippen molar-refractivity contribution in [3.05, 3.63) is 29.6 Å². The fraction of sp³-hybridized carbons (Fsp3) is 0.429. The molecule has 0 aliphatic carbocycles. The Hall–Kier alpha value is -1.91. The lowest BCUT2D eigenvalue weighted by Crippen LogP contribution is -2.10. The van der Waals surface area contributed by atoms with Gasteiger partial charge in [0, 0.05) is 13.0 Å². The third-order valence-electron chi connectivity index (χ3n) is 2.35. The van der Waals surface area contributed by atoms with E-state index >= 15 is 0 Å². The minimum absolute atomic E-state index is 0.0590. The van der Waals surface area contributed by atoms with Gasteiger partial charge in [-0.2, -0.15) is 0 Å². The quantitative estimate of drug-likeness (QED) is 0.608. The van der Waals surface area contributed by atoms with Crippen molar-refractivity contribution in [2.45, 2.75) is 27.2 Å². The van der Waals surface area contributed by atoms with Crippen LogP contribution in [0.4, 0.5) is 4.39 Å². The Labute approximate surface area is 111 Å². The Morgan fingerprint density at radius 3 is 2.53 bits per heavy atom. The van der Waals surface area contributed by atoms with Gasteiger partial charge in [-0.05, 0) is 24.5 Å². The molecule has 0 aromatic heterocycles. The molecule has 0 spiro atoms. The first-order valence-electron chi connectivity index (χ1n) is 6.05. The van der Waals surface area contributed by atoms with E-state index < -0.39 is 17.8 Å². The SMILES string of the molecule is CC(=O)Oc1ccc(C(=O)OCCC(C)C)c(F)c1. The minimum Gasteiger partial charge on any atom is -0.462 e. The van der Waals surface area contributed by atoms with Gasteiger partial charge in [0.1, 0.15) is 11.6 Å². The third kappa shape index (κ3) is 5.07. The van der Waals surface area contributed by atoms with Crippen molar-refractivity contribution in [3.8, 4) is 5.75 Å². The van der Waals surface area contributed by atoms with Gasteiger partial charge < -0.3 is 9.47 Å². The Balaban J connectivity index is 2.68. The molecule has 0 bridgehead atoms. The molecular weight excluding hydrogens is 251 g/mol. The smallest absolute Gasteiger partial charge is 0.341 e. The van der Waals surface area contributed by atoms with E-state index in [1.807, 2.05) is 13.8 Å². The van der Waals surface area contributed by atoms with Gasteiger partial charge in [-0.1, -0.05) is 13.8 Å². The van der Waals surface area contributed by atoms with Crippen LogP contribution in [0.15, 0.2) is 18.2 Å². The molecule has 0 saturated heterocycles. The van der Waals surface area contributed by atoms with Crippen molar-refractivity contribution < 1.29 is 23.5 Å². The second kappa shape index (κ2) is 6.87. The first-order chi connectivity index (χ1) is 8.90. The second-order valence-corrected chi connectivity index (χ2v) is 4.55. The Morgan fingerprint density at radius 2 is 2.00 bits per heavy atom. The number of carbonyl (C=O) groups is 2. The van der Waals surface area contributed by atoms with Gasteiger partial charge in [-0.3, -0.25) is 4.79 Å². The average molecular weight is 268 g/mol. The second-order valence-electron chi connectivity index (χ2n) is 4.55. The molecule has 104 valence electrons. The zero-order valence-corrected chi connectivity index (χ0v) is 11.2. The summed E-state index contributed by atoms with van der Waals surface area (Å²) in [5, 5.41) is 0. The van der Waals surface area contributed by atoms with Crippen LogP contribution in [0.25, 0.3) is 0 Å². The van der Waals surface area contributed by atoms with Crippen molar-refractivity contribution >= 4 is 11.9 Å². The molecule has 5 heteroatoms. The molecule has 0 unspecified atom stereocenters. The molecule has 0 heterocycles. The van der Waals surface area contributed by atoms with Crippen molar-refractivity contribution in [1.82, 2.24) is 0 Å². The van der Waals surface area contributed by atoms with Gasteiger partial charge in [-0.25, -0.2) is 9.18 Å². The van der Waals surface area contributed by atoms with E-state index in [9.17, 15) is 14.0 Å². The zero-order valence-electron chi connectivity index (χ0n) is 11.2. The van der Waals surface area contributed by atoms with Gasteiger partial charge in [0.25, 0.3) is 0 Å². The van der Waals surface area contributed by atoms with E-state index in [0.717, 1.165) is 12.5 Å². The number of halogens is 1. The summed E-state index contributed by atoms with van der Waals surface area (Å²) in [6, 6.07) is 3.58. The molecule has 0 aliphatic rings. The van der Waals surface area contributed by atoms with E-state index in [0.29, 0.717) is 5.92 Å². The van der Waals surface area contributed by atoms with Gasteiger partial charge >= 0.3 is 11.9 Å².